The normalized spacial score (nSPS) is 14.7. The van der Waals surface area contributed by atoms with Gasteiger partial charge in [-0.2, -0.15) is 0 Å². The van der Waals surface area contributed by atoms with Crippen LogP contribution in [0.1, 0.15) is 51.6 Å². The molecule has 0 spiro atoms. The van der Waals surface area contributed by atoms with Crippen molar-refractivity contribution in [1.29, 1.82) is 0 Å². The van der Waals surface area contributed by atoms with Crippen molar-refractivity contribution in [2.24, 2.45) is 5.73 Å². The highest BCUT2D eigenvalue weighted by atomic mass is 15.2. The van der Waals surface area contributed by atoms with Crippen molar-refractivity contribution in [3.8, 4) is 0 Å². The third-order valence-corrected chi connectivity index (χ3v) is 3.32. The topological polar surface area (TPSA) is 42.2 Å². The maximum absolute atomic E-state index is 6.34. The van der Waals surface area contributed by atoms with Crippen LogP contribution in [0.2, 0.25) is 0 Å². The molecule has 18 heavy (non-hydrogen) atoms. The Kier molecular flexibility index (Phi) is 6.91. The monoisotopic (exact) mass is 249 g/mol. The number of nitrogens with two attached hydrogens (primary N) is 1. The molecule has 2 N–H and O–H groups in total. The van der Waals surface area contributed by atoms with Gasteiger partial charge in [-0.1, -0.05) is 26.8 Å². The van der Waals surface area contributed by atoms with Gasteiger partial charge in [0.25, 0.3) is 0 Å². The minimum absolute atomic E-state index is 0.173. The van der Waals surface area contributed by atoms with Crippen LogP contribution in [0.25, 0.3) is 0 Å². The van der Waals surface area contributed by atoms with Crippen molar-refractivity contribution >= 4 is 0 Å². The minimum atomic E-state index is 0.173. The van der Waals surface area contributed by atoms with Crippen LogP contribution in [-0.2, 0) is 0 Å². The van der Waals surface area contributed by atoms with Gasteiger partial charge in [0, 0.05) is 18.4 Å². The summed E-state index contributed by atoms with van der Waals surface area (Å²) >= 11 is 0. The van der Waals surface area contributed by atoms with Crippen LogP contribution in [0.3, 0.4) is 0 Å². The summed E-state index contributed by atoms with van der Waals surface area (Å²) in [5, 5.41) is 0. The Labute approximate surface area is 111 Å². The van der Waals surface area contributed by atoms with E-state index < -0.39 is 0 Å². The van der Waals surface area contributed by atoms with Gasteiger partial charge in [-0.15, -0.1) is 0 Å². The van der Waals surface area contributed by atoms with Crippen LogP contribution in [0, 0.1) is 0 Å². The second-order valence-electron chi connectivity index (χ2n) is 4.84. The summed E-state index contributed by atoms with van der Waals surface area (Å²) < 4.78 is 0. The molecule has 0 aliphatic rings. The highest BCUT2D eigenvalue weighted by Crippen LogP contribution is 2.24. The van der Waals surface area contributed by atoms with E-state index >= 15 is 0 Å². The smallest absolute Gasteiger partial charge is 0.0514 e. The molecule has 2 unspecified atom stereocenters. The van der Waals surface area contributed by atoms with Crippen LogP contribution < -0.4 is 5.73 Å². The Hall–Kier alpha value is -0.930. The molecule has 0 aliphatic heterocycles. The lowest BCUT2D eigenvalue weighted by Gasteiger charge is -2.35. The first kappa shape index (κ1) is 15.1. The number of aromatic nitrogens is 1. The maximum atomic E-state index is 6.34. The molecule has 1 rings (SSSR count). The van der Waals surface area contributed by atoms with Gasteiger partial charge in [-0.25, -0.2) is 0 Å². The Morgan fingerprint density at radius 2 is 1.89 bits per heavy atom. The van der Waals surface area contributed by atoms with E-state index in [0.717, 1.165) is 32.4 Å². The molecule has 0 saturated heterocycles. The van der Waals surface area contributed by atoms with Crippen LogP contribution in [-0.4, -0.2) is 29.0 Å². The molecular weight excluding hydrogens is 222 g/mol. The molecular formula is C15H27N3. The summed E-state index contributed by atoms with van der Waals surface area (Å²) in [5.41, 5.74) is 7.59. The third kappa shape index (κ3) is 4.07. The van der Waals surface area contributed by atoms with Crippen molar-refractivity contribution in [2.45, 2.75) is 52.1 Å². The van der Waals surface area contributed by atoms with Gasteiger partial charge in [0.15, 0.2) is 0 Å². The summed E-state index contributed by atoms with van der Waals surface area (Å²) in [6.07, 6.45) is 7.09. The number of hydrogen-bond acceptors (Lipinski definition) is 3. The number of rotatable bonds is 8. The fraction of sp³-hybridized carbons (Fsp3) is 0.667. The standard InChI is InChI=1S/C15H27N3/c1-4-10-18(11-5-2)15(14(16)6-3)13-8-7-9-17-12-13/h7-9,12,14-15H,4-6,10-11,16H2,1-3H3. The van der Waals surface area contributed by atoms with E-state index in [1.807, 2.05) is 18.5 Å². The Balaban J connectivity index is 2.95. The van der Waals surface area contributed by atoms with Gasteiger partial charge in [-0.05, 0) is 44.0 Å². The van der Waals surface area contributed by atoms with Gasteiger partial charge in [-0.3, -0.25) is 9.88 Å². The maximum Gasteiger partial charge on any atom is 0.0514 e. The molecule has 0 saturated carbocycles. The van der Waals surface area contributed by atoms with Crippen molar-refractivity contribution in [3.63, 3.8) is 0 Å². The zero-order valence-electron chi connectivity index (χ0n) is 12.0. The lowest BCUT2D eigenvalue weighted by molar-refractivity contribution is 0.169. The van der Waals surface area contributed by atoms with Crippen LogP contribution in [0.15, 0.2) is 24.5 Å². The first-order valence-electron chi connectivity index (χ1n) is 7.14. The van der Waals surface area contributed by atoms with Gasteiger partial charge < -0.3 is 5.73 Å². The molecule has 0 fully saturated rings. The molecule has 0 aromatic carbocycles. The SMILES string of the molecule is CCCN(CCC)C(c1cccnc1)C(N)CC. The molecule has 3 nitrogen and oxygen atoms in total. The van der Waals surface area contributed by atoms with Gasteiger partial charge in [0.05, 0.1) is 6.04 Å². The van der Waals surface area contributed by atoms with Crippen molar-refractivity contribution in [1.82, 2.24) is 9.88 Å². The fourth-order valence-electron chi connectivity index (χ4n) is 2.47. The van der Waals surface area contributed by atoms with Gasteiger partial charge >= 0.3 is 0 Å². The van der Waals surface area contributed by atoms with Crippen LogP contribution in [0.4, 0.5) is 0 Å². The molecule has 102 valence electrons. The summed E-state index contributed by atoms with van der Waals surface area (Å²) in [7, 11) is 0. The quantitative estimate of drug-likeness (QED) is 0.770. The zero-order valence-corrected chi connectivity index (χ0v) is 12.0. The number of nitrogens with zero attached hydrogens (tertiary/aromatic N) is 2. The summed E-state index contributed by atoms with van der Waals surface area (Å²) in [4.78, 5) is 6.75. The first-order valence-corrected chi connectivity index (χ1v) is 7.14. The average Bonchev–Trinajstić information content (AvgIpc) is 2.40. The second-order valence-corrected chi connectivity index (χ2v) is 4.84. The zero-order chi connectivity index (χ0) is 13.4. The van der Waals surface area contributed by atoms with E-state index in [9.17, 15) is 0 Å². The molecule has 2 atom stereocenters. The largest absolute Gasteiger partial charge is 0.326 e. The van der Waals surface area contributed by atoms with E-state index in [1.54, 1.807) is 0 Å². The molecule has 0 radical (unpaired) electrons. The molecule has 0 bridgehead atoms. The van der Waals surface area contributed by atoms with E-state index in [0.29, 0.717) is 6.04 Å². The van der Waals surface area contributed by atoms with E-state index in [2.05, 4.69) is 36.7 Å². The molecule has 3 heteroatoms. The van der Waals surface area contributed by atoms with Crippen molar-refractivity contribution in [2.75, 3.05) is 13.1 Å². The Morgan fingerprint density at radius 3 is 2.33 bits per heavy atom. The number of hydrogen-bond donors (Lipinski definition) is 1. The summed E-state index contributed by atoms with van der Waals surface area (Å²) in [6, 6.07) is 4.61. The molecule has 1 aromatic heterocycles. The van der Waals surface area contributed by atoms with E-state index in [-0.39, 0.29) is 6.04 Å². The minimum Gasteiger partial charge on any atom is -0.326 e. The summed E-state index contributed by atoms with van der Waals surface area (Å²) in [5.74, 6) is 0. The highest BCUT2D eigenvalue weighted by Gasteiger charge is 2.24. The van der Waals surface area contributed by atoms with Gasteiger partial charge in [0.2, 0.25) is 0 Å². The number of pyridine rings is 1. The predicted octanol–water partition coefficient (Wildman–Crippen LogP) is 2.98. The molecule has 1 aromatic rings. The average molecular weight is 249 g/mol. The third-order valence-electron chi connectivity index (χ3n) is 3.32. The Morgan fingerprint density at radius 1 is 1.22 bits per heavy atom. The molecule has 0 amide bonds. The van der Waals surface area contributed by atoms with Crippen LogP contribution in [0.5, 0.6) is 0 Å². The molecule has 1 heterocycles. The fourth-order valence-corrected chi connectivity index (χ4v) is 2.47. The van der Waals surface area contributed by atoms with E-state index in [1.165, 1.54) is 5.56 Å². The van der Waals surface area contributed by atoms with E-state index in [4.69, 9.17) is 5.73 Å². The van der Waals surface area contributed by atoms with Crippen molar-refractivity contribution in [3.05, 3.63) is 30.1 Å². The van der Waals surface area contributed by atoms with Crippen molar-refractivity contribution < 1.29 is 0 Å². The predicted molar refractivity (Wildman–Crippen MR) is 77.4 cm³/mol. The van der Waals surface area contributed by atoms with Crippen LogP contribution >= 0.6 is 0 Å². The Bertz CT molecular complexity index is 307. The molecule has 0 aliphatic carbocycles. The summed E-state index contributed by atoms with van der Waals surface area (Å²) in [6.45, 7) is 8.80. The second kappa shape index (κ2) is 8.22. The van der Waals surface area contributed by atoms with Gasteiger partial charge in [0.1, 0.15) is 0 Å². The lowest BCUT2D eigenvalue weighted by Crippen LogP contribution is -2.41. The lowest BCUT2D eigenvalue weighted by atomic mass is 9.97. The highest BCUT2D eigenvalue weighted by molar-refractivity contribution is 5.16. The first-order chi connectivity index (χ1) is 8.74.